The Morgan fingerprint density at radius 3 is 2.31 bits per heavy atom. The lowest BCUT2D eigenvalue weighted by atomic mass is 10.2. The van der Waals surface area contributed by atoms with Gasteiger partial charge in [-0.1, -0.05) is 6.07 Å². The molecule has 1 aromatic carbocycles. The van der Waals surface area contributed by atoms with Crippen LogP contribution in [0.25, 0.3) is 0 Å². The molecule has 0 saturated heterocycles. The van der Waals surface area contributed by atoms with Gasteiger partial charge in [-0.15, -0.1) is 11.3 Å². The highest BCUT2D eigenvalue weighted by atomic mass is 32.1. The maximum atomic E-state index is 12.3. The standard InChI is InChI=1S/C18H17N5O2S/c1-11-4-3-5-16(19-11)23-18-22-15(10-26-18)17(25)21-14-8-6-13(7-9-14)20-12(2)24/h3-10H,1-2H3,(H,20,24)(H,21,25)(H,19,22,23). The van der Waals surface area contributed by atoms with Crippen LogP contribution in [-0.4, -0.2) is 21.8 Å². The molecule has 0 unspecified atom stereocenters. The van der Waals surface area contributed by atoms with E-state index in [4.69, 9.17) is 0 Å². The summed E-state index contributed by atoms with van der Waals surface area (Å²) in [5.41, 5.74) is 2.50. The van der Waals surface area contributed by atoms with Gasteiger partial charge in [0.05, 0.1) is 0 Å². The second-order valence-corrected chi connectivity index (χ2v) is 6.40. The molecule has 0 aliphatic rings. The maximum Gasteiger partial charge on any atom is 0.275 e. The van der Waals surface area contributed by atoms with E-state index in [1.165, 1.54) is 18.3 Å². The zero-order chi connectivity index (χ0) is 18.5. The van der Waals surface area contributed by atoms with E-state index in [2.05, 4.69) is 25.9 Å². The number of aryl methyl sites for hydroxylation is 1. The summed E-state index contributed by atoms with van der Waals surface area (Å²) in [6.45, 7) is 3.35. The van der Waals surface area contributed by atoms with Crippen LogP contribution in [0, 0.1) is 6.92 Å². The van der Waals surface area contributed by atoms with Crippen molar-refractivity contribution in [1.29, 1.82) is 0 Å². The van der Waals surface area contributed by atoms with Gasteiger partial charge in [-0.2, -0.15) is 0 Å². The maximum absolute atomic E-state index is 12.3. The number of carbonyl (C=O) groups is 2. The lowest BCUT2D eigenvalue weighted by Crippen LogP contribution is -2.12. The van der Waals surface area contributed by atoms with Crippen molar-refractivity contribution < 1.29 is 9.59 Å². The number of hydrogen-bond donors (Lipinski definition) is 3. The van der Waals surface area contributed by atoms with E-state index in [-0.39, 0.29) is 11.8 Å². The minimum absolute atomic E-state index is 0.146. The molecule has 0 saturated carbocycles. The molecule has 0 bridgehead atoms. The normalized spacial score (nSPS) is 10.2. The molecule has 2 aromatic heterocycles. The van der Waals surface area contributed by atoms with Crippen LogP contribution in [0.2, 0.25) is 0 Å². The molecule has 0 aliphatic heterocycles. The Labute approximate surface area is 154 Å². The van der Waals surface area contributed by atoms with Gasteiger partial charge in [-0.25, -0.2) is 9.97 Å². The molecule has 3 rings (SSSR count). The van der Waals surface area contributed by atoms with Crippen molar-refractivity contribution in [3.05, 3.63) is 59.2 Å². The molecule has 0 fully saturated rings. The van der Waals surface area contributed by atoms with E-state index in [9.17, 15) is 9.59 Å². The first-order valence-corrected chi connectivity index (χ1v) is 8.73. The van der Waals surface area contributed by atoms with Crippen molar-refractivity contribution in [3.63, 3.8) is 0 Å². The van der Waals surface area contributed by atoms with E-state index in [0.717, 1.165) is 5.69 Å². The number of nitrogens with zero attached hydrogens (tertiary/aromatic N) is 2. The molecule has 0 atom stereocenters. The van der Waals surface area contributed by atoms with Crippen molar-refractivity contribution in [3.8, 4) is 0 Å². The fraction of sp³-hybridized carbons (Fsp3) is 0.111. The van der Waals surface area contributed by atoms with Crippen molar-refractivity contribution in [2.75, 3.05) is 16.0 Å². The Morgan fingerprint density at radius 2 is 1.65 bits per heavy atom. The predicted octanol–water partition coefficient (Wildman–Crippen LogP) is 3.80. The molecular formula is C18H17N5O2S. The van der Waals surface area contributed by atoms with Crippen molar-refractivity contribution >= 4 is 45.5 Å². The van der Waals surface area contributed by atoms with Crippen LogP contribution in [-0.2, 0) is 4.79 Å². The largest absolute Gasteiger partial charge is 0.326 e. The molecule has 26 heavy (non-hydrogen) atoms. The number of rotatable bonds is 5. The van der Waals surface area contributed by atoms with E-state index < -0.39 is 0 Å². The molecule has 3 aromatic rings. The van der Waals surface area contributed by atoms with Crippen LogP contribution in [0.3, 0.4) is 0 Å². The van der Waals surface area contributed by atoms with Gasteiger partial charge >= 0.3 is 0 Å². The molecular weight excluding hydrogens is 350 g/mol. The number of pyridine rings is 1. The highest BCUT2D eigenvalue weighted by Gasteiger charge is 2.11. The Balaban J connectivity index is 1.63. The molecule has 8 heteroatoms. The lowest BCUT2D eigenvalue weighted by Gasteiger charge is -2.05. The third kappa shape index (κ3) is 4.64. The summed E-state index contributed by atoms with van der Waals surface area (Å²) < 4.78 is 0. The zero-order valence-electron chi connectivity index (χ0n) is 14.2. The molecule has 132 valence electrons. The minimum atomic E-state index is -0.307. The summed E-state index contributed by atoms with van der Waals surface area (Å²) in [6.07, 6.45) is 0. The topological polar surface area (TPSA) is 96.0 Å². The highest BCUT2D eigenvalue weighted by Crippen LogP contribution is 2.21. The second kappa shape index (κ2) is 7.75. The quantitative estimate of drug-likeness (QED) is 0.637. The number of nitrogens with one attached hydrogen (secondary N) is 3. The summed E-state index contributed by atoms with van der Waals surface area (Å²) in [4.78, 5) is 32.0. The van der Waals surface area contributed by atoms with Gasteiger partial charge in [0.15, 0.2) is 5.13 Å². The Hall–Kier alpha value is -3.26. The number of benzene rings is 1. The summed E-state index contributed by atoms with van der Waals surface area (Å²) in [5, 5.41) is 10.8. The summed E-state index contributed by atoms with van der Waals surface area (Å²) in [7, 11) is 0. The summed E-state index contributed by atoms with van der Waals surface area (Å²) in [6, 6.07) is 12.5. The van der Waals surface area contributed by atoms with Crippen LogP contribution in [0.4, 0.5) is 22.3 Å². The van der Waals surface area contributed by atoms with Crippen molar-refractivity contribution in [2.24, 2.45) is 0 Å². The third-order valence-corrected chi connectivity index (χ3v) is 4.08. The molecule has 2 amide bonds. The van der Waals surface area contributed by atoms with Crippen LogP contribution in [0.15, 0.2) is 47.8 Å². The lowest BCUT2D eigenvalue weighted by molar-refractivity contribution is -0.114. The number of aromatic nitrogens is 2. The molecule has 7 nitrogen and oxygen atoms in total. The first-order chi connectivity index (χ1) is 12.5. The van der Waals surface area contributed by atoms with Crippen molar-refractivity contribution in [1.82, 2.24) is 9.97 Å². The second-order valence-electron chi connectivity index (χ2n) is 5.54. The fourth-order valence-electron chi connectivity index (χ4n) is 2.19. The Bertz CT molecular complexity index is 937. The van der Waals surface area contributed by atoms with E-state index in [1.807, 2.05) is 25.1 Å². The van der Waals surface area contributed by atoms with E-state index in [1.54, 1.807) is 29.6 Å². The van der Waals surface area contributed by atoms with Crippen LogP contribution in [0.1, 0.15) is 23.1 Å². The molecule has 2 heterocycles. The fourth-order valence-corrected chi connectivity index (χ4v) is 2.89. The number of anilines is 4. The average molecular weight is 367 g/mol. The average Bonchev–Trinajstić information content (AvgIpc) is 3.05. The van der Waals surface area contributed by atoms with Crippen LogP contribution in [0.5, 0.6) is 0 Å². The first-order valence-electron chi connectivity index (χ1n) is 7.85. The number of carbonyl (C=O) groups excluding carboxylic acids is 2. The van der Waals surface area contributed by atoms with E-state index in [0.29, 0.717) is 28.0 Å². The van der Waals surface area contributed by atoms with E-state index >= 15 is 0 Å². The third-order valence-electron chi connectivity index (χ3n) is 3.32. The molecule has 0 spiro atoms. The van der Waals surface area contributed by atoms with Gasteiger partial charge in [0, 0.05) is 29.4 Å². The van der Waals surface area contributed by atoms with Crippen LogP contribution < -0.4 is 16.0 Å². The SMILES string of the molecule is CC(=O)Nc1ccc(NC(=O)c2csc(Nc3cccc(C)n3)n2)cc1. The van der Waals surface area contributed by atoms with Gasteiger partial charge in [-0.3, -0.25) is 9.59 Å². The monoisotopic (exact) mass is 367 g/mol. The molecule has 0 radical (unpaired) electrons. The number of thiazole rings is 1. The molecule has 0 aliphatic carbocycles. The van der Waals surface area contributed by atoms with Gasteiger partial charge < -0.3 is 16.0 Å². The summed E-state index contributed by atoms with van der Waals surface area (Å²) in [5.74, 6) is 0.228. The van der Waals surface area contributed by atoms with Gasteiger partial charge in [0.25, 0.3) is 5.91 Å². The van der Waals surface area contributed by atoms with Gasteiger partial charge in [0.1, 0.15) is 11.5 Å². The zero-order valence-corrected chi connectivity index (χ0v) is 15.1. The Kier molecular flexibility index (Phi) is 5.23. The predicted molar refractivity (Wildman–Crippen MR) is 103 cm³/mol. The summed E-state index contributed by atoms with van der Waals surface area (Å²) >= 11 is 1.33. The number of amides is 2. The van der Waals surface area contributed by atoms with Crippen LogP contribution >= 0.6 is 11.3 Å². The van der Waals surface area contributed by atoms with Gasteiger partial charge in [0.2, 0.25) is 5.91 Å². The van der Waals surface area contributed by atoms with Gasteiger partial charge in [-0.05, 0) is 43.3 Å². The number of hydrogen-bond acceptors (Lipinski definition) is 6. The highest BCUT2D eigenvalue weighted by molar-refractivity contribution is 7.14. The van der Waals surface area contributed by atoms with Crippen molar-refractivity contribution in [2.45, 2.75) is 13.8 Å². The first kappa shape index (κ1) is 17.6. The smallest absolute Gasteiger partial charge is 0.275 e. The minimum Gasteiger partial charge on any atom is -0.326 e. The molecule has 3 N–H and O–H groups in total. The Morgan fingerprint density at radius 1 is 0.962 bits per heavy atom.